The highest BCUT2D eigenvalue weighted by molar-refractivity contribution is 5.76. The molecule has 0 saturated carbocycles. The standard InChI is InChI=1S/C27H30N2O2/c1-27(2,3)21-11-15-23(16-12-21)31-18-17-29-25-8-6-5-7-24(25)28-26(29)19-20-9-13-22(30-4)14-10-20/h5-16H,17-19H2,1-4H3. The Balaban J connectivity index is 1.50. The quantitative estimate of drug-likeness (QED) is 0.371. The summed E-state index contributed by atoms with van der Waals surface area (Å²) in [5.41, 5.74) is 4.81. The van der Waals surface area contributed by atoms with E-state index in [0.29, 0.717) is 6.61 Å². The molecule has 0 aliphatic rings. The topological polar surface area (TPSA) is 36.3 Å². The van der Waals surface area contributed by atoms with Crippen molar-refractivity contribution in [3.63, 3.8) is 0 Å². The van der Waals surface area contributed by atoms with Crippen LogP contribution >= 0.6 is 0 Å². The second-order valence-corrected chi connectivity index (χ2v) is 8.82. The summed E-state index contributed by atoms with van der Waals surface area (Å²) < 4.78 is 13.6. The number of hydrogen-bond acceptors (Lipinski definition) is 3. The van der Waals surface area contributed by atoms with Gasteiger partial charge in [0.05, 0.1) is 24.7 Å². The fourth-order valence-corrected chi connectivity index (χ4v) is 3.74. The van der Waals surface area contributed by atoms with Crippen LogP contribution in [0.4, 0.5) is 0 Å². The van der Waals surface area contributed by atoms with Crippen LogP contribution < -0.4 is 9.47 Å². The Morgan fingerprint density at radius 1 is 0.839 bits per heavy atom. The molecule has 4 nitrogen and oxygen atoms in total. The number of ether oxygens (including phenoxy) is 2. The van der Waals surface area contributed by atoms with Crippen LogP contribution in [0, 0.1) is 0 Å². The van der Waals surface area contributed by atoms with Gasteiger partial charge in [0.15, 0.2) is 0 Å². The molecule has 0 aliphatic heterocycles. The Labute approximate surface area is 184 Å². The summed E-state index contributed by atoms with van der Waals surface area (Å²) in [6.07, 6.45) is 0.763. The molecule has 31 heavy (non-hydrogen) atoms. The van der Waals surface area contributed by atoms with Gasteiger partial charge in [-0.2, -0.15) is 0 Å². The number of nitrogens with zero attached hydrogens (tertiary/aromatic N) is 2. The van der Waals surface area contributed by atoms with Gasteiger partial charge >= 0.3 is 0 Å². The van der Waals surface area contributed by atoms with Crippen molar-refractivity contribution < 1.29 is 9.47 Å². The smallest absolute Gasteiger partial charge is 0.119 e. The van der Waals surface area contributed by atoms with Crippen molar-refractivity contribution in [2.75, 3.05) is 13.7 Å². The molecule has 1 heterocycles. The normalized spacial score (nSPS) is 11.6. The minimum absolute atomic E-state index is 0.143. The molecule has 0 spiro atoms. The lowest BCUT2D eigenvalue weighted by Crippen LogP contribution is -2.12. The maximum atomic E-state index is 6.07. The molecule has 3 aromatic carbocycles. The molecular weight excluding hydrogens is 384 g/mol. The lowest BCUT2D eigenvalue weighted by Gasteiger charge is -2.19. The second kappa shape index (κ2) is 8.84. The third-order valence-electron chi connectivity index (χ3n) is 5.56. The largest absolute Gasteiger partial charge is 0.497 e. The van der Waals surface area contributed by atoms with Crippen molar-refractivity contribution in [2.45, 2.75) is 39.2 Å². The number of rotatable bonds is 7. The zero-order valence-electron chi connectivity index (χ0n) is 18.8. The summed E-state index contributed by atoms with van der Waals surface area (Å²) in [7, 11) is 1.69. The van der Waals surface area contributed by atoms with Gasteiger partial charge in [-0.25, -0.2) is 4.98 Å². The average molecular weight is 415 g/mol. The summed E-state index contributed by atoms with van der Waals surface area (Å²) in [6.45, 7) is 7.99. The number of imidazole rings is 1. The number of fused-ring (bicyclic) bond motifs is 1. The zero-order valence-corrected chi connectivity index (χ0v) is 18.8. The fraction of sp³-hybridized carbons (Fsp3) is 0.296. The highest BCUT2D eigenvalue weighted by atomic mass is 16.5. The predicted molar refractivity (Wildman–Crippen MR) is 126 cm³/mol. The van der Waals surface area contributed by atoms with Crippen molar-refractivity contribution in [3.8, 4) is 11.5 Å². The Bertz CT molecular complexity index is 1140. The van der Waals surface area contributed by atoms with E-state index in [1.54, 1.807) is 7.11 Å². The van der Waals surface area contributed by atoms with Gasteiger partial charge in [0.25, 0.3) is 0 Å². The molecule has 4 rings (SSSR count). The molecular formula is C27H30N2O2. The first kappa shape index (κ1) is 21.0. The van der Waals surface area contributed by atoms with Crippen LogP contribution in [-0.4, -0.2) is 23.3 Å². The predicted octanol–water partition coefficient (Wildman–Crippen LogP) is 6.01. The van der Waals surface area contributed by atoms with E-state index in [-0.39, 0.29) is 5.41 Å². The molecule has 0 radical (unpaired) electrons. The number of hydrogen-bond donors (Lipinski definition) is 0. The van der Waals surface area contributed by atoms with Crippen molar-refractivity contribution in [3.05, 3.63) is 89.7 Å². The minimum Gasteiger partial charge on any atom is -0.497 e. The Kier molecular flexibility index (Phi) is 5.99. The first-order chi connectivity index (χ1) is 14.9. The van der Waals surface area contributed by atoms with Crippen LogP contribution in [0.25, 0.3) is 11.0 Å². The summed E-state index contributed by atoms with van der Waals surface area (Å²) in [4.78, 5) is 4.89. The monoisotopic (exact) mass is 414 g/mol. The van der Waals surface area contributed by atoms with Gasteiger partial charge in [0.1, 0.15) is 23.9 Å². The minimum atomic E-state index is 0.143. The van der Waals surface area contributed by atoms with E-state index in [9.17, 15) is 0 Å². The molecule has 0 fully saturated rings. The van der Waals surface area contributed by atoms with Gasteiger partial charge in [-0.15, -0.1) is 0 Å². The fourth-order valence-electron chi connectivity index (χ4n) is 3.74. The Hall–Kier alpha value is -3.27. The molecule has 4 aromatic rings. The van der Waals surface area contributed by atoms with E-state index < -0.39 is 0 Å². The van der Waals surface area contributed by atoms with Gasteiger partial charge in [0.2, 0.25) is 0 Å². The molecule has 0 amide bonds. The van der Waals surface area contributed by atoms with Crippen LogP contribution in [0.1, 0.15) is 37.7 Å². The van der Waals surface area contributed by atoms with Crippen molar-refractivity contribution in [2.24, 2.45) is 0 Å². The van der Waals surface area contributed by atoms with Crippen LogP contribution in [0.3, 0.4) is 0 Å². The number of methoxy groups -OCH3 is 1. The molecule has 0 unspecified atom stereocenters. The van der Waals surface area contributed by atoms with Crippen molar-refractivity contribution in [1.29, 1.82) is 0 Å². The Morgan fingerprint density at radius 3 is 2.19 bits per heavy atom. The molecule has 0 bridgehead atoms. The van der Waals surface area contributed by atoms with Gasteiger partial charge in [-0.1, -0.05) is 57.2 Å². The number of aromatic nitrogens is 2. The first-order valence-corrected chi connectivity index (χ1v) is 10.7. The Morgan fingerprint density at radius 2 is 1.52 bits per heavy atom. The van der Waals surface area contributed by atoms with Crippen LogP contribution in [0.15, 0.2) is 72.8 Å². The lowest BCUT2D eigenvalue weighted by atomic mass is 9.87. The highest BCUT2D eigenvalue weighted by Crippen LogP contribution is 2.25. The van der Waals surface area contributed by atoms with Gasteiger partial charge < -0.3 is 14.0 Å². The summed E-state index contributed by atoms with van der Waals surface area (Å²) >= 11 is 0. The second-order valence-electron chi connectivity index (χ2n) is 8.82. The van der Waals surface area contributed by atoms with E-state index in [1.807, 2.05) is 18.2 Å². The third kappa shape index (κ3) is 4.91. The number of benzene rings is 3. The third-order valence-corrected chi connectivity index (χ3v) is 5.56. The molecule has 0 saturated heterocycles. The van der Waals surface area contributed by atoms with E-state index in [1.165, 1.54) is 11.1 Å². The van der Waals surface area contributed by atoms with E-state index >= 15 is 0 Å². The molecule has 1 aromatic heterocycles. The van der Waals surface area contributed by atoms with Crippen molar-refractivity contribution >= 4 is 11.0 Å². The molecule has 0 N–H and O–H groups in total. The molecule has 0 atom stereocenters. The van der Waals surface area contributed by atoms with Crippen LogP contribution in [-0.2, 0) is 18.4 Å². The van der Waals surface area contributed by atoms with E-state index in [2.05, 4.69) is 79.9 Å². The molecule has 160 valence electrons. The maximum Gasteiger partial charge on any atom is 0.119 e. The van der Waals surface area contributed by atoms with Crippen LogP contribution in [0.5, 0.6) is 11.5 Å². The van der Waals surface area contributed by atoms with E-state index in [4.69, 9.17) is 14.5 Å². The molecule has 4 heteroatoms. The van der Waals surface area contributed by atoms with Gasteiger partial charge in [-0.3, -0.25) is 0 Å². The highest BCUT2D eigenvalue weighted by Gasteiger charge is 2.14. The molecule has 0 aliphatic carbocycles. The first-order valence-electron chi connectivity index (χ1n) is 10.7. The maximum absolute atomic E-state index is 6.07. The zero-order chi connectivity index (χ0) is 21.8. The van der Waals surface area contributed by atoms with Crippen LogP contribution in [0.2, 0.25) is 0 Å². The SMILES string of the molecule is COc1ccc(Cc2nc3ccccc3n2CCOc2ccc(C(C)(C)C)cc2)cc1. The van der Waals surface area contributed by atoms with Crippen molar-refractivity contribution in [1.82, 2.24) is 9.55 Å². The number of para-hydroxylation sites is 2. The average Bonchev–Trinajstić information content (AvgIpc) is 3.11. The lowest BCUT2D eigenvalue weighted by molar-refractivity contribution is 0.298. The van der Waals surface area contributed by atoms with E-state index in [0.717, 1.165) is 41.3 Å². The summed E-state index contributed by atoms with van der Waals surface area (Å²) in [6, 6.07) is 24.9. The summed E-state index contributed by atoms with van der Waals surface area (Å²) in [5.74, 6) is 2.80. The summed E-state index contributed by atoms with van der Waals surface area (Å²) in [5, 5.41) is 0. The van der Waals surface area contributed by atoms with Gasteiger partial charge in [-0.05, 0) is 52.9 Å². The van der Waals surface area contributed by atoms with Gasteiger partial charge in [0, 0.05) is 6.42 Å².